The quantitative estimate of drug-likeness (QED) is 0.140. The van der Waals surface area contributed by atoms with Crippen molar-refractivity contribution < 1.29 is 71.5 Å². The molecule has 0 saturated carbocycles. The fraction of sp³-hybridized carbons (Fsp3) is 0.750. The van der Waals surface area contributed by atoms with Gasteiger partial charge in [0.1, 0.15) is 6.04 Å². The van der Waals surface area contributed by atoms with E-state index in [0.29, 0.717) is 13.0 Å². The monoisotopic (exact) mass is 352 g/mol. The standard InChI is InChI=1S/C16H30N2O4.K/c1-4-5-6-7-8-9-15(20)17-10-11-18(12-13(2)19)14(3)16(21)22;/h4-5,13-14,19H,6-12H2,1-3H3,(H,17,20)(H,21,22);/q;+1/p-1/b5-4+;. The molecule has 128 valence electrons. The number of carbonyl (C=O) groups is 1. The maximum atomic E-state index is 11.6. The molecule has 2 unspecified atom stereocenters. The summed E-state index contributed by atoms with van der Waals surface area (Å²) in [6, 6.07) is -0.708. The molecule has 0 saturated heterocycles. The van der Waals surface area contributed by atoms with E-state index < -0.39 is 18.1 Å². The maximum Gasteiger partial charge on any atom is 1.00 e. The molecular formula is C16H29KN2O4. The van der Waals surface area contributed by atoms with Crippen molar-refractivity contribution in [3.63, 3.8) is 0 Å². The predicted molar refractivity (Wildman–Crippen MR) is 85.9 cm³/mol. The van der Waals surface area contributed by atoms with Gasteiger partial charge < -0.3 is 20.3 Å². The number of hydrogen-bond acceptors (Lipinski definition) is 5. The third-order valence-corrected chi connectivity index (χ3v) is 3.33. The van der Waals surface area contributed by atoms with Crippen molar-refractivity contribution in [2.24, 2.45) is 4.99 Å². The second kappa shape index (κ2) is 15.7. The van der Waals surface area contributed by atoms with Crippen LogP contribution in [0.4, 0.5) is 0 Å². The summed E-state index contributed by atoms with van der Waals surface area (Å²) in [4.78, 5) is 16.6. The summed E-state index contributed by atoms with van der Waals surface area (Å²) in [7, 11) is 0. The summed E-state index contributed by atoms with van der Waals surface area (Å²) in [6.45, 7) is 6.00. The first kappa shape index (κ1) is 25.5. The number of carboxylic acids is 1. The van der Waals surface area contributed by atoms with E-state index in [4.69, 9.17) is 5.11 Å². The SMILES string of the molecule is C/C=C/CCCCC([O-])=NCCN(CC(C)O)C(C)C(=O)O.[K+]. The summed E-state index contributed by atoms with van der Waals surface area (Å²) in [5.41, 5.74) is 0. The molecule has 0 heterocycles. The number of aliphatic imine (C=N–C) groups is 1. The van der Waals surface area contributed by atoms with Gasteiger partial charge in [0.2, 0.25) is 0 Å². The molecule has 0 spiro atoms. The Morgan fingerprint density at radius 2 is 2.00 bits per heavy atom. The van der Waals surface area contributed by atoms with Crippen LogP contribution in [0.3, 0.4) is 0 Å². The molecule has 23 heavy (non-hydrogen) atoms. The van der Waals surface area contributed by atoms with Crippen molar-refractivity contribution in [1.29, 1.82) is 0 Å². The van der Waals surface area contributed by atoms with Crippen LogP contribution in [-0.2, 0) is 4.79 Å². The van der Waals surface area contributed by atoms with Gasteiger partial charge in [0.25, 0.3) is 0 Å². The minimum Gasteiger partial charge on any atom is -0.862 e. The summed E-state index contributed by atoms with van der Waals surface area (Å²) in [5.74, 6) is -1.09. The van der Waals surface area contributed by atoms with Crippen LogP contribution in [0.15, 0.2) is 17.1 Å². The number of rotatable bonds is 12. The average molecular weight is 353 g/mol. The zero-order valence-electron chi connectivity index (χ0n) is 14.9. The Morgan fingerprint density at radius 3 is 2.52 bits per heavy atom. The summed E-state index contributed by atoms with van der Waals surface area (Å²) in [5, 5.41) is 30.1. The number of aliphatic carboxylic acids is 1. The fourth-order valence-electron chi connectivity index (χ4n) is 2.03. The first-order chi connectivity index (χ1) is 10.4. The topological polar surface area (TPSA) is 96.2 Å². The summed E-state index contributed by atoms with van der Waals surface area (Å²) >= 11 is 0. The van der Waals surface area contributed by atoms with Crippen LogP contribution in [0.25, 0.3) is 0 Å². The van der Waals surface area contributed by atoms with Gasteiger partial charge in [0, 0.05) is 13.1 Å². The first-order valence-corrected chi connectivity index (χ1v) is 7.84. The third kappa shape index (κ3) is 14.3. The van der Waals surface area contributed by atoms with Gasteiger partial charge in [-0.05, 0) is 52.4 Å². The number of nitrogens with zero attached hydrogens (tertiary/aromatic N) is 2. The molecule has 0 aromatic heterocycles. The zero-order chi connectivity index (χ0) is 17.0. The van der Waals surface area contributed by atoms with E-state index in [2.05, 4.69) is 11.1 Å². The number of unbranched alkanes of at least 4 members (excludes halogenated alkanes) is 2. The van der Waals surface area contributed by atoms with Gasteiger partial charge in [-0.1, -0.05) is 12.2 Å². The van der Waals surface area contributed by atoms with Crippen molar-refractivity contribution in [3.8, 4) is 0 Å². The minimum absolute atomic E-state index is 0. The molecular weight excluding hydrogens is 323 g/mol. The molecule has 0 aliphatic heterocycles. The van der Waals surface area contributed by atoms with Crippen LogP contribution in [-0.4, -0.2) is 58.8 Å². The van der Waals surface area contributed by atoms with E-state index in [1.165, 1.54) is 0 Å². The van der Waals surface area contributed by atoms with Crippen LogP contribution in [0.5, 0.6) is 0 Å². The summed E-state index contributed by atoms with van der Waals surface area (Å²) in [6.07, 6.45) is 6.63. The van der Waals surface area contributed by atoms with Gasteiger partial charge in [-0.25, -0.2) is 0 Å². The normalized spacial score (nSPS) is 14.7. The van der Waals surface area contributed by atoms with Crippen molar-refractivity contribution >= 4 is 11.9 Å². The van der Waals surface area contributed by atoms with E-state index in [1.54, 1.807) is 18.7 Å². The molecule has 0 aliphatic carbocycles. The largest absolute Gasteiger partial charge is 1.00 e. The summed E-state index contributed by atoms with van der Waals surface area (Å²) < 4.78 is 0. The number of aliphatic hydroxyl groups is 1. The van der Waals surface area contributed by atoms with Crippen molar-refractivity contribution in [1.82, 2.24) is 4.90 Å². The minimum atomic E-state index is -0.948. The van der Waals surface area contributed by atoms with E-state index in [9.17, 15) is 15.0 Å². The smallest absolute Gasteiger partial charge is 0.862 e. The van der Waals surface area contributed by atoms with Crippen molar-refractivity contribution in [3.05, 3.63) is 12.2 Å². The second-order valence-electron chi connectivity index (χ2n) is 5.45. The van der Waals surface area contributed by atoms with E-state index in [1.807, 2.05) is 13.0 Å². The molecule has 0 aromatic carbocycles. The molecule has 0 fully saturated rings. The van der Waals surface area contributed by atoms with E-state index in [-0.39, 0.29) is 70.4 Å². The van der Waals surface area contributed by atoms with Gasteiger partial charge >= 0.3 is 57.4 Å². The van der Waals surface area contributed by atoms with Crippen LogP contribution >= 0.6 is 0 Å². The number of hydrogen-bond donors (Lipinski definition) is 2. The first-order valence-electron chi connectivity index (χ1n) is 7.84. The van der Waals surface area contributed by atoms with Gasteiger partial charge in [-0.3, -0.25) is 9.69 Å². The average Bonchev–Trinajstić information content (AvgIpc) is 2.44. The Labute approximate surface area is 182 Å². The number of aliphatic hydroxyl groups excluding tert-OH is 1. The van der Waals surface area contributed by atoms with Crippen molar-refractivity contribution in [2.75, 3.05) is 19.6 Å². The maximum absolute atomic E-state index is 11.6. The van der Waals surface area contributed by atoms with Crippen LogP contribution in [0, 0.1) is 0 Å². The van der Waals surface area contributed by atoms with Crippen molar-refractivity contribution in [2.45, 2.75) is 58.6 Å². The second-order valence-corrected chi connectivity index (χ2v) is 5.45. The van der Waals surface area contributed by atoms with Gasteiger partial charge in [0.15, 0.2) is 0 Å². The molecule has 0 aliphatic rings. The van der Waals surface area contributed by atoms with Gasteiger partial charge in [0.05, 0.1) is 12.6 Å². The third-order valence-electron chi connectivity index (χ3n) is 3.33. The molecule has 2 N–H and O–H groups in total. The Kier molecular flexibility index (Phi) is 17.4. The van der Waals surface area contributed by atoms with E-state index in [0.717, 1.165) is 19.3 Å². The fourth-order valence-corrected chi connectivity index (χ4v) is 2.03. The number of allylic oxidation sites excluding steroid dienone is 2. The van der Waals surface area contributed by atoms with Gasteiger partial charge in [-0.15, -0.1) is 0 Å². The van der Waals surface area contributed by atoms with Gasteiger partial charge in [-0.2, -0.15) is 0 Å². The Morgan fingerprint density at radius 1 is 1.35 bits per heavy atom. The molecule has 0 rings (SSSR count). The van der Waals surface area contributed by atoms with E-state index >= 15 is 0 Å². The van der Waals surface area contributed by atoms with Crippen LogP contribution in [0.1, 0.15) is 46.5 Å². The molecule has 7 heteroatoms. The van der Waals surface area contributed by atoms with Crippen LogP contribution < -0.4 is 56.5 Å². The predicted octanol–water partition coefficient (Wildman–Crippen LogP) is -1.96. The van der Waals surface area contributed by atoms with Crippen LogP contribution in [0.2, 0.25) is 0 Å². The zero-order valence-corrected chi connectivity index (χ0v) is 18.0. The Balaban J connectivity index is 0. The molecule has 0 radical (unpaired) electrons. The molecule has 0 amide bonds. The molecule has 6 nitrogen and oxygen atoms in total. The number of carboxylic acid groups (broad SMARTS) is 1. The Hall–Kier alpha value is 0.236. The molecule has 2 atom stereocenters. The molecule has 0 aromatic rings. The Bertz CT molecular complexity index is 373. The molecule has 0 bridgehead atoms.